The quantitative estimate of drug-likeness (QED) is 0.774. The Bertz CT molecular complexity index is 812. The maximum atomic E-state index is 12.8. The predicted octanol–water partition coefficient (Wildman–Crippen LogP) is 0.621. The molecule has 0 unspecified atom stereocenters. The van der Waals surface area contributed by atoms with Gasteiger partial charge in [0.05, 0.1) is 10.9 Å². The van der Waals surface area contributed by atoms with Gasteiger partial charge in [0.25, 0.3) is 11.5 Å². The van der Waals surface area contributed by atoms with Crippen LogP contribution in [0.4, 0.5) is 0 Å². The van der Waals surface area contributed by atoms with Crippen molar-refractivity contribution in [2.45, 2.75) is 37.6 Å². The van der Waals surface area contributed by atoms with Crippen molar-refractivity contribution in [1.82, 2.24) is 25.4 Å². The molecule has 0 aromatic carbocycles. The number of nitrogens with one attached hydrogen (secondary N) is 3. The molecule has 0 bridgehead atoms. The number of hydrogen-bond acceptors (Lipinski definition) is 4. The molecule has 1 aliphatic carbocycles. The number of aryl methyl sites for hydroxylation is 1. The van der Waals surface area contributed by atoms with E-state index < -0.39 is 0 Å². The number of carbonyl (C=O) groups is 1. The van der Waals surface area contributed by atoms with Gasteiger partial charge in [0.2, 0.25) is 0 Å². The lowest BCUT2D eigenvalue weighted by molar-refractivity contribution is 0.0932. The van der Waals surface area contributed by atoms with Crippen LogP contribution in [0.1, 0.15) is 47.7 Å². The fourth-order valence-corrected chi connectivity index (χ4v) is 3.28. The SMILES string of the molecule is Cn1[nH]c(=O)c2c(C(=O)N[C@H]3CCCNC3)cc(C3CC3)nc21. The lowest BCUT2D eigenvalue weighted by Crippen LogP contribution is -2.45. The Morgan fingerprint density at radius 3 is 2.91 bits per heavy atom. The van der Waals surface area contributed by atoms with E-state index >= 15 is 0 Å². The fourth-order valence-electron chi connectivity index (χ4n) is 3.28. The van der Waals surface area contributed by atoms with Crippen LogP contribution in [-0.4, -0.2) is 39.8 Å². The first-order chi connectivity index (χ1) is 11.1. The van der Waals surface area contributed by atoms with Crippen molar-refractivity contribution in [3.8, 4) is 0 Å². The van der Waals surface area contributed by atoms with Crippen molar-refractivity contribution < 1.29 is 4.79 Å². The highest BCUT2D eigenvalue weighted by atomic mass is 16.2. The third-order valence-corrected chi connectivity index (χ3v) is 4.71. The normalized spacial score (nSPS) is 21.5. The van der Waals surface area contributed by atoms with Crippen molar-refractivity contribution in [3.63, 3.8) is 0 Å². The van der Waals surface area contributed by atoms with Crippen molar-refractivity contribution in [1.29, 1.82) is 0 Å². The summed E-state index contributed by atoms with van der Waals surface area (Å²) in [4.78, 5) is 29.5. The molecule has 1 amide bonds. The maximum absolute atomic E-state index is 12.8. The topological polar surface area (TPSA) is 91.8 Å². The summed E-state index contributed by atoms with van der Waals surface area (Å²) in [5, 5.41) is 9.44. The molecule has 4 rings (SSSR count). The van der Waals surface area contributed by atoms with E-state index in [1.165, 1.54) is 0 Å². The van der Waals surface area contributed by atoms with E-state index in [0.717, 1.165) is 44.5 Å². The van der Waals surface area contributed by atoms with Gasteiger partial charge in [-0.05, 0) is 38.3 Å². The van der Waals surface area contributed by atoms with Crippen molar-refractivity contribution in [2.24, 2.45) is 7.05 Å². The Kier molecular flexibility index (Phi) is 3.45. The van der Waals surface area contributed by atoms with E-state index in [1.807, 2.05) is 0 Å². The molecular weight excluding hydrogens is 294 g/mol. The molecule has 122 valence electrons. The van der Waals surface area contributed by atoms with E-state index in [9.17, 15) is 9.59 Å². The standard InChI is InChI=1S/C16H21N5O2/c1-21-14-13(16(23)20-21)11(7-12(19-14)9-4-5-9)15(22)18-10-3-2-6-17-8-10/h7,9-10,17H,2-6,8H2,1H3,(H,18,22)(H,20,23)/t10-/m0/s1. The van der Waals surface area contributed by atoms with Gasteiger partial charge >= 0.3 is 0 Å². The monoisotopic (exact) mass is 315 g/mol. The lowest BCUT2D eigenvalue weighted by Gasteiger charge is -2.24. The Morgan fingerprint density at radius 1 is 1.39 bits per heavy atom. The first-order valence-corrected chi connectivity index (χ1v) is 8.24. The number of hydrogen-bond donors (Lipinski definition) is 3. The van der Waals surface area contributed by atoms with E-state index in [0.29, 0.717) is 22.5 Å². The highest BCUT2D eigenvalue weighted by Gasteiger charge is 2.29. The second-order valence-corrected chi connectivity index (χ2v) is 6.58. The molecule has 3 heterocycles. The van der Waals surface area contributed by atoms with Crippen LogP contribution in [0.25, 0.3) is 11.0 Å². The molecule has 1 saturated carbocycles. The van der Waals surface area contributed by atoms with Gasteiger partial charge in [0, 0.05) is 31.2 Å². The Hall–Kier alpha value is -2.15. The number of rotatable bonds is 3. The number of piperidine rings is 1. The predicted molar refractivity (Wildman–Crippen MR) is 86.7 cm³/mol. The molecule has 23 heavy (non-hydrogen) atoms. The zero-order chi connectivity index (χ0) is 16.0. The van der Waals surface area contributed by atoms with Gasteiger partial charge in [0.15, 0.2) is 5.65 Å². The first kappa shape index (κ1) is 14.4. The summed E-state index contributed by atoms with van der Waals surface area (Å²) in [5.74, 6) is 0.247. The molecule has 2 aromatic rings. The molecular formula is C16H21N5O2. The van der Waals surface area contributed by atoms with Gasteiger partial charge in [0.1, 0.15) is 0 Å². The number of H-pyrrole nitrogens is 1. The number of fused-ring (bicyclic) bond motifs is 1. The van der Waals surface area contributed by atoms with Crippen LogP contribution in [-0.2, 0) is 7.05 Å². The summed E-state index contributed by atoms with van der Waals surface area (Å²) in [5.41, 5.74) is 1.67. The smallest absolute Gasteiger partial charge is 0.274 e. The Morgan fingerprint density at radius 2 is 2.22 bits per heavy atom. The zero-order valence-electron chi connectivity index (χ0n) is 13.2. The number of aromatic amines is 1. The van der Waals surface area contributed by atoms with E-state index in [1.54, 1.807) is 17.8 Å². The summed E-state index contributed by atoms with van der Waals surface area (Å²) in [6.45, 7) is 1.77. The number of nitrogens with zero attached hydrogens (tertiary/aromatic N) is 2. The summed E-state index contributed by atoms with van der Waals surface area (Å²) >= 11 is 0. The number of amides is 1. The largest absolute Gasteiger partial charge is 0.348 e. The van der Waals surface area contributed by atoms with Crippen molar-refractivity contribution in [3.05, 3.63) is 27.7 Å². The molecule has 1 saturated heterocycles. The van der Waals surface area contributed by atoms with Crippen LogP contribution in [0, 0.1) is 0 Å². The molecule has 2 aromatic heterocycles. The van der Waals surface area contributed by atoms with Gasteiger partial charge in [-0.1, -0.05) is 0 Å². The highest BCUT2D eigenvalue weighted by molar-refractivity contribution is 6.05. The number of pyridine rings is 1. The molecule has 3 N–H and O–H groups in total. The molecule has 1 atom stereocenters. The molecule has 0 spiro atoms. The highest BCUT2D eigenvalue weighted by Crippen LogP contribution is 2.39. The number of carbonyl (C=O) groups excluding carboxylic acids is 1. The number of aromatic nitrogens is 3. The van der Waals surface area contributed by atoms with Crippen LogP contribution in [0.3, 0.4) is 0 Å². The summed E-state index contributed by atoms with van der Waals surface area (Å²) in [6, 6.07) is 1.92. The summed E-state index contributed by atoms with van der Waals surface area (Å²) in [6.07, 6.45) is 4.22. The van der Waals surface area contributed by atoms with E-state index in [-0.39, 0.29) is 17.5 Å². The first-order valence-electron chi connectivity index (χ1n) is 8.24. The molecule has 2 fully saturated rings. The van der Waals surface area contributed by atoms with Gasteiger partial charge in [-0.3, -0.25) is 19.4 Å². The average Bonchev–Trinajstić information content (AvgIpc) is 3.35. The Labute approximate surface area is 133 Å². The minimum absolute atomic E-state index is 0.117. The average molecular weight is 315 g/mol. The summed E-state index contributed by atoms with van der Waals surface area (Å²) < 4.78 is 1.60. The second kappa shape index (κ2) is 5.49. The van der Waals surface area contributed by atoms with Crippen LogP contribution >= 0.6 is 0 Å². The molecule has 0 radical (unpaired) electrons. The van der Waals surface area contributed by atoms with Crippen molar-refractivity contribution in [2.75, 3.05) is 13.1 Å². The van der Waals surface area contributed by atoms with Gasteiger partial charge < -0.3 is 10.6 Å². The van der Waals surface area contributed by atoms with Gasteiger partial charge in [-0.2, -0.15) is 0 Å². The molecule has 7 nitrogen and oxygen atoms in total. The van der Waals surface area contributed by atoms with Crippen LogP contribution in [0.15, 0.2) is 10.9 Å². The summed E-state index contributed by atoms with van der Waals surface area (Å²) in [7, 11) is 1.75. The second-order valence-electron chi connectivity index (χ2n) is 6.58. The minimum Gasteiger partial charge on any atom is -0.348 e. The minimum atomic E-state index is -0.260. The fraction of sp³-hybridized carbons (Fsp3) is 0.562. The maximum Gasteiger partial charge on any atom is 0.274 e. The molecule has 7 heteroatoms. The zero-order valence-corrected chi connectivity index (χ0v) is 13.2. The molecule has 2 aliphatic rings. The van der Waals surface area contributed by atoms with Crippen LogP contribution < -0.4 is 16.2 Å². The third kappa shape index (κ3) is 2.65. The lowest BCUT2D eigenvalue weighted by atomic mass is 10.1. The molecule has 1 aliphatic heterocycles. The van der Waals surface area contributed by atoms with E-state index in [4.69, 9.17) is 0 Å². The van der Waals surface area contributed by atoms with Crippen LogP contribution in [0.2, 0.25) is 0 Å². The van der Waals surface area contributed by atoms with E-state index in [2.05, 4.69) is 20.7 Å². The third-order valence-electron chi connectivity index (χ3n) is 4.71. The van der Waals surface area contributed by atoms with Gasteiger partial charge in [-0.25, -0.2) is 4.98 Å². The Balaban J connectivity index is 1.74. The van der Waals surface area contributed by atoms with Crippen molar-refractivity contribution >= 4 is 16.9 Å². The van der Waals surface area contributed by atoms with Gasteiger partial charge in [-0.15, -0.1) is 0 Å². The van der Waals surface area contributed by atoms with Crippen LogP contribution in [0.5, 0.6) is 0 Å².